The maximum atomic E-state index is 12.3. The third-order valence-corrected chi connectivity index (χ3v) is 4.11. The van der Waals surface area contributed by atoms with E-state index in [1.54, 1.807) is 6.07 Å². The van der Waals surface area contributed by atoms with Crippen LogP contribution in [0.3, 0.4) is 0 Å². The fourth-order valence-electron chi connectivity index (χ4n) is 2.87. The molecule has 0 saturated carbocycles. The molecular weight excluding hydrogens is 302 g/mol. The number of nitrogens with one attached hydrogen (secondary N) is 1. The smallest absolute Gasteiger partial charge is 0.251 e. The molecule has 5 nitrogen and oxygen atoms in total. The average Bonchev–Trinajstić information content (AvgIpc) is 2.98. The topological polar surface area (TPSA) is 62.3 Å². The van der Waals surface area contributed by atoms with Crippen molar-refractivity contribution in [1.82, 2.24) is 15.2 Å². The maximum absolute atomic E-state index is 12.3. The van der Waals surface area contributed by atoms with Gasteiger partial charge in [0, 0.05) is 30.8 Å². The van der Waals surface area contributed by atoms with Gasteiger partial charge in [0.2, 0.25) is 5.91 Å². The number of carbonyl (C=O) groups is 2. The second-order valence-electron chi connectivity index (χ2n) is 6.07. The van der Waals surface area contributed by atoms with Crippen LogP contribution in [0.2, 0.25) is 0 Å². The fourth-order valence-corrected chi connectivity index (χ4v) is 2.87. The van der Waals surface area contributed by atoms with Crippen LogP contribution in [-0.4, -0.2) is 28.2 Å². The lowest BCUT2D eigenvalue weighted by Crippen LogP contribution is -2.25. The summed E-state index contributed by atoms with van der Waals surface area (Å²) < 4.78 is 0. The van der Waals surface area contributed by atoms with Gasteiger partial charge in [0.05, 0.1) is 12.2 Å². The molecule has 1 aliphatic heterocycles. The van der Waals surface area contributed by atoms with E-state index in [2.05, 4.69) is 10.3 Å². The molecule has 2 aromatic rings. The van der Waals surface area contributed by atoms with E-state index < -0.39 is 0 Å². The third kappa shape index (κ3) is 3.98. The first kappa shape index (κ1) is 16.2. The minimum absolute atomic E-state index is 0.132. The second kappa shape index (κ2) is 7.25. The molecule has 1 saturated heterocycles. The highest BCUT2D eigenvalue weighted by Crippen LogP contribution is 2.15. The van der Waals surface area contributed by atoms with E-state index in [1.165, 1.54) is 0 Å². The van der Waals surface area contributed by atoms with Crippen LogP contribution in [0, 0.1) is 6.92 Å². The zero-order valence-corrected chi connectivity index (χ0v) is 13.8. The van der Waals surface area contributed by atoms with Gasteiger partial charge in [-0.3, -0.25) is 14.6 Å². The van der Waals surface area contributed by atoms with Crippen LogP contribution in [0.15, 0.2) is 42.5 Å². The highest BCUT2D eigenvalue weighted by molar-refractivity contribution is 5.94. The maximum Gasteiger partial charge on any atom is 0.251 e. The molecule has 24 heavy (non-hydrogen) atoms. The lowest BCUT2D eigenvalue weighted by atomic mass is 10.1. The summed E-state index contributed by atoms with van der Waals surface area (Å²) >= 11 is 0. The van der Waals surface area contributed by atoms with Crippen LogP contribution in [0.5, 0.6) is 0 Å². The SMILES string of the molecule is Cc1cccc(CNC(=O)c2cccc(CN3CCCC3=O)c2)n1. The zero-order chi connectivity index (χ0) is 16.9. The molecule has 5 heteroatoms. The quantitative estimate of drug-likeness (QED) is 0.919. The lowest BCUT2D eigenvalue weighted by molar-refractivity contribution is -0.128. The molecule has 124 valence electrons. The Balaban J connectivity index is 1.62. The summed E-state index contributed by atoms with van der Waals surface area (Å²) in [4.78, 5) is 30.3. The largest absolute Gasteiger partial charge is 0.346 e. The van der Waals surface area contributed by atoms with Crippen molar-refractivity contribution in [3.05, 3.63) is 65.0 Å². The molecule has 1 aromatic carbocycles. The number of nitrogens with zero attached hydrogens (tertiary/aromatic N) is 2. The van der Waals surface area contributed by atoms with Crippen molar-refractivity contribution >= 4 is 11.8 Å². The van der Waals surface area contributed by atoms with E-state index in [-0.39, 0.29) is 11.8 Å². The Morgan fingerprint density at radius 3 is 2.83 bits per heavy atom. The molecule has 1 N–H and O–H groups in total. The van der Waals surface area contributed by atoms with Crippen molar-refractivity contribution in [3.63, 3.8) is 0 Å². The summed E-state index contributed by atoms with van der Waals surface area (Å²) in [6.45, 7) is 3.69. The van der Waals surface area contributed by atoms with Crippen LogP contribution < -0.4 is 5.32 Å². The molecule has 0 aliphatic carbocycles. The Hall–Kier alpha value is -2.69. The summed E-state index contributed by atoms with van der Waals surface area (Å²) in [7, 11) is 0. The predicted molar refractivity (Wildman–Crippen MR) is 91.2 cm³/mol. The van der Waals surface area contributed by atoms with Crippen LogP contribution >= 0.6 is 0 Å². The predicted octanol–water partition coefficient (Wildman–Crippen LogP) is 2.44. The first-order valence-corrected chi connectivity index (χ1v) is 8.19. The molecule has 2 amide bonds. The Labute approximate surface area is 141 Å². The molecule has 1 fully saturated rings. The first-order valence-electron chi connectivity index (χ1n) is 8.19. The minimum atomic E-state index is -0.132. The Morgan fingerprint density at radius 2 is 2.08 bits per heavy atom. The highest BCUT2D eigenvalue weighted by atomic mass is 16.2. The highest BCUT2D eigenvalue weighted by Gasteiger charge is 2.20. The molecule has 0 unspecified atom stereocenters. The molecule has 1 aromatic heterocycles. The van der Waals surface area contributed by atoms with Gasteiger partial charge in [-0.15, -0.1) is 0 Å². The summed E-state index contributed by atoms with van der Waals surface area (Å²) in [5.74, 6) is 0.0586. The van der Waals surface area contributed by atoms with Crippen molar-refractivity contribution in [2.75, 3.05) is 6.54 Å². The summed E-state index contributed by atoms with van der Waals surface area (Å²) in [5, 5.41) is 2.89. The van der Waals surface area contributed by atoms with Crippen LogP contribution in [0.4, 0.5) is 0 Å². The third-order valence-electron chi connectivity index (χ3n) is 4.11. The van der Waals surface area contributed by atoms with E-state index in [0.29, 0.717) is 25.1 Å². The molecule has 2 heterocycles. The molecule has 0 radical (unpaired) electrons. The number of aryl methyl sites for hydroxylation is 1. The average molecular weight is 323 g/mol. The molecule has 0 atom stereocenters. The molecular formula is C19H21N3O2. The number of hydrogen-bond acceptors (Lipinski definition) is 3. The molecule has 3 rings (SSSR count). The normalized spacial score (nSPS) is 14.0. The molecule has 0 spiro atoms. The number of benzene rings is 1. The minimum Gasteiger partial charge on any atom is -0.346 e. The van der Waals surface area contributed by atoms with E-state index in [9.17, 15) is 9.59 Å². The first-order chi connectivity index (χ1) is 11.6. The fraction of sp³-hybridized carbons (Fsp3) is 0.316. The van der Waals surface area contributed by atoms with Gasteiger partial charge >= 0.3 is 0 Å². The number of carbonyl (C=O) groups excluding carboxylic acids is 2. The van der Waals surface area contributed by atoms with Gasteiger partial charge < -0.3 is 10.2 Å². The van der Waals surface area contributed by atoms with Gasteiger partial charge in [-0.25, -0.2) is 0 Å². The van der Waals surface area contributed by atoms with Gasteiger partial charge in [-0.05, 0) is 43.2 Å². The summed E-state index contributed by atoms with van der Waals surface area (Å²) in [6, 6.07) is 13.2. The van der Waals surface area contributed by atoms with E-state index in [4.69, 9.17) is 0 Å². The number of likely N-dealkylation sites (tertiary alicyclic amines) is 1. The van der Waals surface area contributed by atoms with Gasteiger partial charge in [-0.2, -0.15) is 0 Å². The van der Waals surface area contributed by atoms with Gasteiger partial charge in [0.1, 0.15) is 0 Å². The standard InChI is InChI=1S/C19H21N3O2/c1-14-5-2-8-17(21-14)12-20-19(24)16-7-3-6-15(11-16)13-22-10-4-9-18(22)23/h2-3,5-8,11H,4,9-10,12-13H2,1H3,(H,20,24). The Bertz CT molecular complexity index is 758. The van der Waals surface area contributed by atoms with Crippen molar-refractivity contribution in [2.45, 2.75) is 32.9 Å². The molecule has 0 bridgehead atoms. The van der Waals surface area contributed by atoms with Crippen LogP contribution in [-0.2, 0) is 17.9 Å². The van der Waals surface area contributed by atoms with E-state index in [0.717, 1.165) is 29.9 Å². The number of amides is 2. The zero-order valence-electron chi connectivity index (χ0n) is 13.8. The molecule has 1 aliphatic rings. The summed E-state index contributed by atoms with van der Waals surface area (Å²) in [5.41, 5.74) is 3.35. The van der Waals surface area contributed by atoms with Gasteiger partial charge in [0.15, 0.2) is 0 Å². The number of hydrogen-bond donors (Lipinski definition) is 1. The van der Waals surface area contributed by atoms with Crippen LogP contribution in [0.25, 0.3) is 0 Å². The van der Waals surface area contributed by atoms with Gasteiger partial charge in [0.25, 0.3) is 5.91 Å². The monoisotopic (exact) mass is 323 g/mol. The van der Waals surface area contributed by atoms with Crippen molar-refractivity contribution in [3.8, 4) is 0 Å². The van der Waals surface area contributed by atoms with E-state index >= 15 is 0 Å². The number of rotatable bonds is 5. The van der Waals surface area contributed by atoms with E-state index in [1.807, 2.05) is 48.2 Å². The number of pyridine rings is 1. The number of aromatic nitrogens is 1. The second-order valence-corrected chi connectivity index (χ2v) is 6.07. The Kier molecular flexibility index (Phi) is 4.89. The van der Waals surface area contributed by atoms with Crippen molar-refractivity contribution in [1.29, 1.82) is 0 Å². The summed E-state index contributed by atoms with van der Waals surface area (Å²) in [6.07, 6.45) is 1.55. The van der Waals surface area contributed by atoms with Crippen molar-refractivity contribution in [2.24, 2.45) is 0 Å². The lowest BCUT2D eigenvalue weighted by Gasteiger charge is -2.16. The van der Waals surface area contributed by atoms with Crippen molar-refractivity contribution < 1.29 is 9.59 Å². The Morgan fingerprint density at radius 1 is 1.25 bits per heavy atom. The van der Waals surface area contributed by atoms with Gasteiger partial charge in [-0.1, -0.05) is 18.2 Å². The van der Waals surface area contributed by atoms with Crippen LogP contribution in [0.1, 0.15) is 40.2 Å².